The predicted octanol–water partition coefficient (Wildman–Crippen LogP) is 3.69. The Labute approximate surface area is 116 Å². The monoisotopic (exact) mass is 264 g/mol. The fraction of sp³-hybridized carbons (Fsp3) is 0.438. The number of hydrogen-bond acceptors (Lipinski definition) is 3. The zero-order valence-corrected chi connectivity index (χ0v) is 12.4. The normalized spacial score (nSPS) is 15.5. The number of aryl methyl sites for hydroxylation is 2. The number of fused-ring (bicyclic) bond motifs is 1. The van der Waals surface area contributed by atoms with Crippen LogP contribution in [0.1, 0.15) is 31.4 Å². The molecular weight excluding hydrogens is 240 g/mol. The lowest BCUT2D eigenvalue weighted by Gasteiger charge is -2.24. The maximum atomic E-state index is 11.3. The fourth-order valence-electron chi connectivity index (χ4n) is 1.81. The van der Waals surface area contributed by atoms with Gasteiger partial charge in [-0.1, -0.05) is 31.5 Å². The summed E-state index contributed by atoms with van der Waals surface area (Å²) in [7, 11) is 1.39. The van der Waals surface area contributed by atoms with Crippen LogP contribution >= 0.6 is 0 Å². The topological polar surface area (TPSA) is 35.5 Å². The van der Waals surface area contributed by atoms with Crippen LogP contribution in [0.4, 0.5) is 0 Å². The molecule has 0 radical (unpaired) electrons. The molecule has 1 aromatic rings. The summed E-state index contributed by atoms with van der Waals surface area (Å²) in [5.41, 5.74) is 2.39. The number of rotatable bonds is 1. The summed E-state index contributed by atoms with van der Waals surface area (Å²) >= 11 is 0. The maximum absolute atomic E-state index is 11.3. The average molecular weight is 264 g/mol. The van der Waals surface area contributed by atoms with Gasteiger partial charge >= 0.3 is 5.97 Å². The molecule has 0 aliphatic carbocycles. The largest absolute Gasteiger partial charge is 0.478 e. The first kappa shape index (κ1) is 17.2. The van der Waals surface area contributed by atoms with Crippen LogP contribution in [0.15, 0.2) is 31.4 Å². The zero-order valence-electron chi connectivity index (χ0n) is 12.4. The number of benzene rings is 1. The third-order valence-electron chi connectivity index (χ3n) is 2.63. The number of hydrogen-bond donors (Lipinski definition) is 0. The molecule has 1 aliphatic rings. The van der Waals surface area contributed by atoms with Gasteiger partial charge in [0.05, 0.1) is 7.11 Å². The van der Waals surface area contributed by atoms with E-state index in [2.05, 4.69) is 24.0 Å². The van der Waals surface area contributed by atoms with E-state index in [9.17, 15) is 4.79 Å². The first-order chi connectivity index (χ1) is 9.20. The first-order valence-electron chi connectivity index (χ1n) is 6.54. The van der Waals surface area contributed by atoms with Gasteiger partial charge in [-0.25, -0.2) is 4.79 Å². The minimum Gasteiger partial charge on any atom is -0.478 e. The number of esters is 1. The van der Waals surface area contributed by atoms with Crippen LogP contribution in [-0.4, -0.2) is 19.2 Å². The highest BCUT2D eigenvalue weighted by Gasteiger charge is 2.26. The van der Waals surface area contributed by atoms with Crippen LogP contribution in [0.3, 0.4) is 0 Å². The molecule has 2 rings (SSSR count). The van der Waals surface area contributed by atoms with Gasteiger partial charge in [0.25, 0.3) is 0 Å². The molecule has 1 aromatic carbocycles. The van der Waals surface area contributed by atoms with Crippen LogP contribution in [-0.2, 0) is 16.0 Å². The number of carbonyl (C=O) groups is 1. The standard InChI is InChI=1S/C12H14O3.C2H6.C2H4/c1-8-3-5-10-9(7-8)4-6-11(15-10)12(13)14-2;2*1-2/h3,5,7,11H,4,6H2,1-2H3;1-2H3;1-2H2. The molecule has 19 heavy (non-hydrogen) atoms. The van der Waals surface area contributed by atoms with Gasteiger partial charge in [-0.15, -0.1) is 13.2 Å². The third-order valence-corrected chi connectivity index (χ3v) is 2.63. The second kappa shape index (κ2) is 9.20. The van der Waals surface area contributed by atoms with Crippen molar-refractivity contribution in [2.24, 2.45) is 0 Å². The van der Waals surface area contributed by atoms with Crippen molar-refractivity contribution in [2.75, 3.05) is 7.11 Å². The van der Waals surface area contributed by atoms with E-state index in [1.165, 1.54) is 18.2 Å². The lowest BCUT2D eigenvalue weighted by atomic mass is 10.0. The Kier molecular flexibility index (Phi) is 8.34. The van der Waals surface area contributed by atoms with Crippen molar-refractivity contribution in [3.63, 3.8) is 0 Å². The predicted molar refractivity (Wildman–Crippen MR) is 78.5 cm³/mol. The van der Waals surface area contributed by atoms with Gasteiger partial charge < -0.3 is 9.47 Å². The minimum atomic E-state index is -0.440. The van der Waals surface area contributed by atoms with Gasteiger partial charge in [-0.05, 0) is 31.4 Å². The minimum absolute atomic E-state index is 0.291. The maximum Gasteiger partial charge on any atom is 0.347 e. The molecule has 0 saturated carbocycles. The van der Waals surface area contributed by atoms with Crippen molar-refractivity contribution >= 4 is 5.97 Å². The van der Waals surface area contributed by atoms with Crippen molar-refractivity contribution < 1.29 is 14.3 Å². The van der Waals surface area contributed by atoms with Crippen molar-refractivity contribution in [3.05, 3.63) is 42.5 Å². The Bertz CT molecular complexity index is 399. The Hall–Kier alpha value is -1.77. The van der Waals surface area contributed by atoms with E-state index in [0.717, 1.165) is 12.2 Å². The van der Waals surface area contributed by atoms with E-state index in [-0.39, 0.29) is 5.97 Å². The van der Waals surface area contributed by atoms with Crippen molar-refractivity contribution in [1.29, 1.82) is 0 Å². The highest BCUT2D eigenvalue weighted by atomic mass is 16.6. The summed E-state index contributed by atoms with van der Waals surface area (Å²) in [6.07, 6.45) is 1.13. The summed E-state index contributed by atoms with van der Waals surface area (Å²) < 4.78 is 10.2. The lowest BCUT2D eigenvalue weighted by molar-refractivity contribution is -0.149. The SMILES string of the molecule is C=C.CC.COC(=O)C1CCc2cc(C)ccc2O1. The summed E-state index contributed by atoms with van der Waals surface area (Å²) in [4.78, 5) is 11.3. The Morgan fingerprint density at radius 2 is 2.00 bits per heavy atom. The second-order valence-electron chi connectivity index (χ2n) is 3.78. The average Bonchev–Trinajstić information content (AvgIpc) is 2.50. The molecule has 0 aromatic heterocycles. The van der Waals surface area contributed by atoms with Crippen molar-refractivity contribution in [1.82, 2.24) is 0 Å². The van der Waals surface area contributed by atoms with Crippen LogP contribution < -0.4 is 4.74 Å². The third kappa shape index (κ3) is 4.78. The van der Waals surface area contributed by atoms with Crippen molar-refractivity contribution in [2.45, 2.75) is 39.7 Å². The molecule has 1 aliphatic heterocycles. The molecule has 1 unspecified atom stereocenters. The molecule has 0 N–H and O–H groups in total. The van der Waals surface area contributed by atoms with Crippen LogP contribution in [0.2, 0.25) is 0 Å². The number of methoxy groups -OCH3 is 1. The summed E-state index contributed by atoms with van der Waals surface area (Å²) in [6, 6.07) is 6.00. The Balaban J connectivity index is 0.000000741. The molecule has 1 heterocycles. The van der Waals surface area contributed by atoms with E-state index in [0.29, 0.717) is 6.42 Å². The summed E-state index contributed by atoms with van der Waals surface area (Å²) in [5.74, 6) is 0.517. The zero-order chi connectivity index (χ0) is 14.8. The second-order valence-corrected chi connectivity index (χ2v) is 3.78. The molecule has 0 amide bonds. The number of carbonyl (C=O) groups excluding carboxylic acids is 1. The molecule has 0 saturated heterocycles. The summed E-state index contributed by atoms with van der Waals surface area (Å²) in [6.45, 7) is 12.0. The molecule has 3 nitrogen and oxygen atoms in total. The van der Waals surface area contributed by atoms with Crippen molar-refractivity contribution in [3.8, 4) is 5.75 Å². The molecule has 0 fully saturated rings. The molecular formula is C16H24O3. The molecule has 106 valence electrons. The van der Waals surface area contributed by atoms with Crippen LogP contribution in [0.25, 0.3) is 0 Å². The van der Waals surface area contributed by atoms with Gasteiger partial charge in [0.1, 0.15) is 5.75 Å². The highest BCUT2D eigenvalue weighted by molar-refractivity contribution is 5.75. The quantitative estimate of drug-likeness (QED) is 0.573. The Morgan fingerprint density at radius 1 is 1.37 bits per heavy atom. The van der Waals surface area contributed by atoms with Crippen LogP contribution in [0.5, 0.6) is 5.75 Å². The van der Waals surface area contributed by atoms with E-state index in [1.54, 1.807) is 0 Å². The fourth-order valence-corrected chi connectivity index (χ4v) is 1.81. The molecule has 1 atom stereocenters. The van der Waals surface area contributed by atoms with Gasteiger partial charge in [0.15, 0.2) is 6.10 Å². The Morgan fingerprint density at radius 3 is 2.58 bits per heavy atom. The molecule has 3 heteroatoms. The van der Waals surface area contributed by atoms with E-state index >= 15 is 0 Å². The number of ether oxygens (including phenoxy) is 2. The van der Waals surface area contributed by atoms with Gasteiger partial charge in [-0.2, -0.15) is 0 Å². The highest BCUT2D eigenvalue weighted by Crippen LogP contribution is 2.28. The van der Waals surface area contributed by atoms with Crippen LogP contribution in [0, 0.1) is 6.92 Å². The summed E-state index contributed by atoms with van der Waals surface area (Å²) in [5, 5.41) is 0. The van der Waals surface area contributed by atoms with E-state index < -0.39 is 6.10 Å². The molecule has 0 spiro atoms. The van der Waals surface area contributed by atoms with Gasteiger partial charge in [-0.3, -0.25) is 0 Å². The first-order valence-corrected chi connectivity index (χ1v) is 6.54. The van der Waals surface area contributed by atoms with Gasteiger partial charge in [0, 0.05) is 0 Å². The van der Waals surface area contributed by atoms with Gasteiger partial charge in [0.2, 0.25) is 0 Å². The van der Waals surface area contributed by atoms with E-state index in [1.807, 2.05) is 32.9 Å². The smallest absolute Gasteiger partial charge is 0.347 e. The molecule has 0 bridgehead atoms. The van der Waals surface area contributed by atoms with E-state index in [4.69, 9.17) is 4.74 Å². The lowest BCUT2D eigenvalue weighted by Crippen LogP contribution is -2.32.